The molecule has 0 unspecified atom stereocenters. The Morgan fingerprint density at radius 3 is 2.68 bits per heavy atom. The van der Waals surface area contributed by atoms with E-state index in [0.717, 1.165) is 12.5 Å². The SMILES string of the molecule is O=C(O)/C=C/c1cc(Cl)cc(Br)c1OCCc1ccccc1. The van der Waals surface area contributed by atoms with Crippen LogP contribution >= 0.6 is 27.5 Å². The quantitative estimate of drug-likeness (QED) is 0.730. The zero-order valence-electron chi connectivity index (χ0n) is 11.6. The second kappa shape index (κ2) is 8.01. The summed E-state index contributed by atoms with van der Waals surface area (Å²) in [4.78, 5) is 10.7. The lowest BCUT2D eigenvalue weighted by Gasteiger charge is -2.12. The highest BCUT2D eigenvalue weighted by Crippen LogP contribution is 2.33. The van der Waals surface area contributed by atoms with Gasteiger partial charge >= 0.3 is 5.97 Å². The topological polar surface area (TPSA) is 46.5 Å². The van der Waals surface area contributed by atoms with Crippen molar-refractivity contribution < 1.29 is 14.6 Å². The second-order valence-corrected chi connectivity index (χ2v) is 5.85. The van der Waals surface area contributed by atoms with Crippen LogP contribution in [0.3, 0.4) is 0 Å². The number of carboxylic acids is 1. The van der Waals surface area contributed by atoms with E-state index in [1.54, 1.807) is 12.1 Å². The van der Waals surface area contributed by atoms with Gasteiger partial charge in [-0.1, -0.05) is 41.9 Å². The van der Waals surface area contributed by atoms with Crippen molar-refractivity contribution in [3.63, 3.8) is 0 Å². The highest BCUT2D eigenvalue weighted by molar-refractivity contribution is 9.10. The number of rotatable bonds is 6. The van der Waals surface area contributed by atoms with Crippen molar-refractivity contribution >= 4 is 39.6 Å². The molecule has 114 valence electrons. The van der Waals surface area contributed by atoms with Crippen LogP contribution < -0.4 is 4.74 Å². The Morgan fingerprint density at radius 1 is 1.27 bits per heavy atom. The third-order valence-electron chi connectivity index (χ3n) is 2.92. The van der Waals surface area contributed by atoms with Crippen molar-refractivity contribution in [2.45, 2.75) is 6.42 Å². The fourth-order valence-electron chi connectivity index (χ4n) is 1.93. The van der Waals surface area contributed by atoms with Gasteiger partial charge < -0.3 is 9.84 Å². The van der Waals surface area contributed by atoms with E-state index in [0.29, 0.717) is 27.4 Å². The number of hydrogen-bond donors (Lipinski definition) is 1. The van der Waals surface area contributed by atoms with Crippen LogP contribution in [0.2, 0.25) is 5.02 Å². The lowest BCUT2D eigenvalue weighted by Crippen LogP contribution is -2.03. The van der Waals surface area contributed by atoms with E-state index in [1.165, 1.54) is 11.6 Å². The van der Waals surface area contributed by atoms with Crippen molar-refractivity contribution in [2.24, 2.45) is 0 Å². The van der Waals surface area contributed by atoms with E-state index in [-0.39, 0.29) is 0 Å². The Balaban J connectivity index is 2.13. The van der Waals surface area contributed by atoms with Gasteiger partial charge in [0.15, 0.2) is 0 Å². The molecule has 2 rings (SSSR count). The van der Waals surface area contributed by atoms with Gasteiger partial charge in [-0.2, -0.15) is 0 Å². The second-order valence-electron chi connectivity index (χ2n) is 4.56. The van der Waals surface area contributed by atoms with Gasteiger partial charge in [0.05, 0.1) is 11.1 Å². The highest BCUT2D eigenvalue weighted by Gasteiger charge is 2.09. The number of carbonyl (C=O) groups is 1. The molecule has 0 saturated carbocycles. The number of hydrogen-bond acceptors (Lipinski definition) is 2. The van der Waals surface area contributed by atoms with Crippen LogP contribution in [-0.2, 0) is 11.2 Å². The molecule has 0 fully saturated rings. The Kier molecular flexibility index (Phi) is 6.04. The largest absolute Gasteiger partial charge is 0.491 e. The maximum absolute atomic E-state index is 10.7. The van der Waals surface area contributed by atoms with Crippen LogP contribution in [0.15, 0.2) is 53.0 Å². The van der Waals surface area contributed by atoms with Crippen LogP contribution in [0, 0.1) is 0 Å². The summed E-state index contributed by atoms with van der Waals surface area (Å²) in [5, 5.41) is 9.26. The molecule has 0 saturated heterocycles. The molecule has 2 aromatic rings. The number of aliphatic carboxylic acids is 1. The summed E-state index contributed by atoms with van der Waals surface area (Å²) in [5.74, 6) is -0.441. The van der Waals surface area contributed by atoms with E-state index in [9.17, 15) is 4.79 Å². The van der Waals surface area contributed by atoms with Crippen molar-refractivity contribution in [2.75, 3.05) is 6.61 Å². The predicted molar refractivity (Wildman–Crippen MR) is 91.5 cm³/mol. The molecule has 0 spiro atoms. The maximum Gasteiger partial charge on any atom is 0.328 e. The molecule has 0 amide bonds. The highest BCUT2D eigenvalue weighted by atomic mass is 79.9. The zero-order valence-corrected chi connectivity index (χ0v) is 14.0. The molecule has 0 atom stereocenters. The Labute approximate surface area is 142 Å². The molecule has 3 nitrogen and oxygen atoms in total. The lowest BCUT2D eigenvalue weighted by atomic mass is 10.1. The maximum atomic E-state index is 10.7. The standard InChI is InChI=1S/C17H14BrClO3/c18-15-11-14(19)10-13(6-7-16(20)21)17(15)22-9-8-12-4-2-1-3-5-12/h1-7,10-11H,8-9H2,(H,20,21)/b7-6+. The number of ether oxygens (including phenoxy) is 1. The normalized spacial score (nSPS) is 10.8. The molecule has 0 bridgehead atoms. The summed E-state index contributed by atoms with van der Waals surface area (Å²) >= 11 is 9.40. The third-order valence-corrected chi connectivity index (χ3v) is 3.73. The van der Waals surface area contributed by atoms with Gasteiger partial charge in [-0.15, -0.1) is 0 Å². The van der Waals surface area contributed by atoms with E-state index in [1.807, 2.05) is 30.3 Å². The molecular formula is C17H14BrClO3. The number of carboxylic acid groups (broad SMARTS) is 1. The minimum absolute atomic E-state index is 0.484. The fourth-order valence-corrected chi connectivity index (χ4v) is 2.88. The van der Waals surface area contributed by atoms with Crippen LogP contribution in [0.25, 0.3) is 6.08 Å². The first kappa shape index (κ1) is 16.6. The Morgan fingerprint density at radius 2 is 2.00 bits per heavy atom. The Bertz CT molecular complexity index is 684. The van der Waals surface area contributed by atoms with Crippen molar-refractivity contribution in [1.29, 1.82) is 0 Å². The van der Waals surface area contributed by atoms with Gasteiger partial charge in [0, 0.05) is 23.1 Å². The van der Waals surface area contributed by atoms with Crippen molar-refractivity contribution in [1.82, 2.24) is 0 Å². The van der Waals surface area contributed by atoms with Crippen LogP contribution in [-0.4, -0.2) is 17.7 Å². The van der Waals surface area contributed by atoms with Crippen LogP contribution in [0.4, 0.5) is 0 Å². The Hall–Kier alpha value is -1.78. The van der Waals surface area contributed by atoms with Crippen molar-refractivity contribution in [3.05, 3.63) is 69.2 Å². The van der Waals surface area contributed by atoms with Crippen molar-refractivity contribution in [3.8, 4) is 5.75 Å². The minimum atomic E-state index is -1.02. The first-order valence-electron chi connectivity index (χ1n) is 6.63. The van der Waals surface area contributed by atoms with Crippen LogP contribution in [0.5, 0.6) is 5.75 Å². The zero-order chi connectivity index (χ0) is 15.9. The van der Waals surface area contributed by atoms with Gasteiger partial charge in [-0.05, 0) is 39.7 Å². The van der Waals surface area contributed by atoms with Gasteiger partial charge in [0.25, 0.3) is 0 Å². The fraction of sp³-hybridized carbons (Fsp3) is 0.118. The smallest absolute Gasteiger partial charge is 0.328 e. The molecule has 5 heteroatoms. The first-order valence-corrected chi connectivity index (χ1v) is 7.80. The summed E-state index contributed by atoms with van der Waals surface area (Å²) in [5.41, 5.74) is 1.80. The van der Waals surface area contributed by atoms with E-state index >= 15 is 0 Å². The summed E-state index contributed by atoms with van der Waals surface area (Å²) in [6.07, 6.45) is 3.29. The van der Waals surface area contributed by atoms with E-state index < -0.39 is 5.97 Å². The molecular weight excluding hydrogens is 368 g/mol. The lowest BCUT2D eigenvalue weighted by molar-refractivity contribution is -0.131. The molecule has 0 aliphatic carbocycles. The predicted octanol–water partition coefficient (Wildman–Crippen LogP) is 4.82. The monoisotopic (exact) mass is 380 g/mol. The first-order chi connectivity index (χ1) is 10.6. The van der Waals surface area contributed by atoms with Gasteiger partial charge in [-0.3, -0.25) is 0 Å². The number of benzene rings is 2. The van der Waals surface area contributed by atoms with E-state index in [4.69, 9.17) is 21.4 Å². The summed E-state index contributed by atoms with van der Waals surface area (Å²) in [6, 6.07) is 13.4. The summed E-state index contributed by atoms with van der Waals surface area (Å²) < 4.78 is 6.50. The molecule has 22 heavy (non-hydrogen) atoms. The average Bonchev–Trinajstić information content (AvgIpc) is 2.48. The number of halogens is 2. The minimum Gasteiger partial charge on any atom is -0.491 e. The molecule has 2 aromatic carbocycles. The summed E-state index contributed by atoms with van der Waals surface area (Å²) in [6.45, 7) is 0.484. The van der Waals surface area contributed by atoms with Gasteiger partial charge in [0.1, 0.15) is 5.75 Å². The molecule has 1 N–H and O–H groups in total. The van der Waals surface area contributed by atoms with Gasteiger partial charge in [-0.25, -0.2) is 4.79 Å². The van der Waals surface area contributed by atoms with Gasteiger partial charge in [0.2, 0.25) is 0 Å². The molecule has 0 aliphatic heterocycles. The average molecular weight is 382 g/mol. The molecule has 0 aliphatic rings. The molecule has 0 heterocycles. The molecule has 0 radical (unpaired) electrons. The summed E-state index contributed by atoms with van der Waals surface area (Å²) in [7, 11) is 0. The van der Waals surface area contributed by atoms with E-state index in [2.05, 4.69) is 15.9 Å². The molecule has 0 aromatic heterocycles. The van der Waals surface area contributed by atoms with Crippen LogP contribution in [0.1, 0.15) is 11.1 Å². The third kappa shape index (κ3) is 4.90.